The summed E-state index contributed by atoms with van der Waals surface area (Å²) in [6.45, 7) is 3.08. The molecule has 0 atom stereocenters. The minimum Gasteiger partial charge on any atom is -0.506 e. The zero-order valence-electron chi connectivity index (χ0n) is 18.3. The van der Waals surface area contributed by atoms with Gasteiger partial charge in [0.25, 0.3) is 0 Å². The van der Waals surface area contributed by atoms with E-state index in [1.165, 1.54) is 0 Å². The lowest BCUT2D eigenvalue weighted by Crippen LogP contribution is -2.33. The lowest BCUT2D eigenvalue weighted by molar-refractivity contribution is 0.0968. The number of piperidine rings is 1. The Kier molecular flexibility index (Phi) is 5.78. The maximum absolute atomic E-state index is 13.1. The monoisotopic (exact) mass is 449 g/mol. The van der Waals surface area contributed by atoms with E-state index in [9.17, 15) is 9.90 Å². The molecule has 0 amide bonds. The summed E-state index contributed by atoms with van der Waals surface area (Å²) < 4.78 is 0. The van der Waals surface area contributed by atoms with E-state index in [1.807, 2.05) is 18.2 Å². The van der Waals surface area contributed by atoms with Crippen molar-refractivity contribution in [2.24, 2.45) is 11.8 Å². The van der Waals surface area contributed by atoms with Crippen molar-refractivity contribution in [1.82, 2.24) is 9.88 Å². The van der Waals surface area contributed by atoms with Crippen molar-refractivity contribution in [3.05, 3.63) is 53.2 Å². The first-order valence-electron chi connectivity index (χ1n) is 11.4. The number of pyridine rings is 1. The van der Waals surface area contributed by atoms with E-state index in [2.05, 4.69) is 28.3 Å². The van der Waals surface area contributed by atoms with Gasteiger partial charge in [0.05, 0.1) is 21.8 Å². The van der Waals surface area contributed by atoms with Crippen LogP contribution in [-0.2, 0) is 0 Å². The molecule has 0 spiro atoms. The predicted molar refractivity (Wildman–Crippen MR) is 130 cm³/mol. The van der Waals surface area contributed by atoms with Gasteiger partial charge in [-0.05, 0) is 87.1 Å². The molecule has 1 aliphatic heterocycles. The second-order valence-electron chi connectivity index (χ2n) is 9.21. The zero-order valence-corrected chi connectivity index (χ0v) is 19.0. The van der Waals surface area contributed by atoms with Crippen LogP contribution in [0.3, 0.4) is 0 Å². The summed E-state index contributed by atoms with van der Waals surface area (Å²) in [5, 5.41) is 14.7. The van der Waals surface area contributed by atoms with Crippen molar-refractivity contribution in [3.8, 4) is 16.9 Å². The quantitative estimate of drug-likeness (QED) is 0.479. The van der Waals surface area contributed by atoms with Crippen LogP contribution in [0.4, 0.5) is 5.69 Å². The Bertz CT molecular complexity index is 1170. The SMILES string of the molecule is CN1CCC(CNc2c(C(=O)C3CC3)cnc3ccc(-c4ccc(O)c(Cl)c4)cc23)CC1. The highest BCUT2D eigenvalue weighted by Gasteiger charge is 2.32. The summed E-state index contributed by atoms with van der Waals surface area (Å²) in [7, 11) is 2.17. The van der Waals surface area contributed by atoms with Crippen molar-refractivity contribution >= 4 is 34.0 Å². The lowest BCUT2D eigenvalue weighted by Gasteiger charge is -2.29. The molecule has 6 heteroatoms. The fourth-order valence-electron chi connectivity index (χ4n) is 4.51. The van der Waals surface area contributed by atoms with Gasteiger partial charge in [-0.15, -0.1) is 0 Å². The molecular weight excluding hydrogens is 422 g/mol. The topological polar surface area (TPSA) is 65.5 Å². The summed E-state index contributed by atoms with van der Waals surface area (Å²) in [6.07, 6.45) is 6.01. The number of nitrogens with zero attached hydrogens (tertiary/aromatic N) is 2. The normalized spacial score (nSPS) is 17.6. The average molecular weight is 450 g/mol. The Hall–Kier alpha value is -2.63. The highest BCUT2D eigenvalue weighted by Crippen LogP contribution is 2.38. The van der Waals surface area contributed by atoms with E-state index in [1.54, 1.807) is 18.3 Å². The summed E-state index contributed by atoms with van der Waals surface area (Å²) in [5.74, 6) is 0.994. The van der Waals surface area contributed by atoms with E-state index in [-0.39, 0.29) is 17.5 Å². The number of benzene rings is 2. The van der Waals surface area contributed by atoms with Crippen molar-refractivity contribution in [3.63, 3.8) is 0 Å². The minimum absolute atomic E-state index is 0.0654. The van der Waals surface area contributed by atoms with Crippen LogP contribution in [0, 0.1) is 11.8 Å². The molecule has 1 saturated carbocycles. The molecule has 2 heterocycles. The molecule has 32 heavy (non-hydrogen) atoms. The van der Waals surface area contributed by atoms with E-state index in [0.717, 1.165) is 73.0 Å². The van der Waals surface area contributed by atoms with E-state index in [4.69, 9.17) is 11.6 Å². The zero-order chi connectivity index (χ0) is 22.2. The second kappa shape index (κ2) is 8.72. The maximum atomic E-state index is 13.1. The van der Waals surface area contributed by atoms with Gasteiger partial charge in [-0.1, -0.05) is 23.7 Å². The van der Waals surface area contributed by atoms with Gasteiger partial charge in [0.1, 0.15) is 5.75 Å². The van der Waals surface area contributed by atoms with Crippen molar-refractivity contribution in [2.45, 2.75) is 25.7 Å². The third kappa shape index (κ3) is 4.32. The Labute approximate surface area is 193 Å². The number of phenols is 1. The van der Waals surface area contributed by atoms with Gasteiger partial charge in [0.15, 0.2) is 5.78 Å². The first kappa shape index (κ1) is 21.2. The second-order valence-corrected chi connectivity index (χ2v) is 9.62. The molecule has 2 fully saturated rings. The number of ketones is 1. The van der Waals surface area contributed by atoms with Crippen LogP contribution >= 0.6 is 11.6 Å². The fourth-order valence-corrected chi connectivity index (χ4v) is 4.69. The number of aromatic hydroxyl groups is 1. The number of carbonyl (C=O) groups excluding carboxylic acids is 1. The van der Waals surface area contributed by atoms with Gasteiger partial charge in [-0.25, -0.2) is 0 Å². The number of likely N-dealkylation sites (tertiary alicyclic amines) is 1. The first-order chi connectivity index (χ1) is 15.5. The van der Waals surface area contributed by atoms with Gasteiger partial charge in [-0.3, -0.25) is 9.78 Å². The van der Waals surface area contributed by atoms with Crippen LogP contribution in [0.2, 0.25) is 5.02 Å². The van der Waals surface area contributed by atoms with E-state index in [0.29, 0.717) is 16.5 Å². The van der Waals surface area contributed by atoms with Crippen molar-refractivity contribution < 1.29 is 9.90 Å². The average Bonchev–Trinajstić information content (AvgIpc) is 3.65. The van der Waals surface area contributed by atoms with Gasteiger partial charge in [0, 0.05) is 24.0 Å². The Morgan fingerprint density at radius 2 is 1.84 bits per heavy atom. The number of hydrogen-bond donors (Lipinski definition) is 2. The van der Waals surface area contributed by atoms with Gasteiger partial charge in [0.2, 0.25) is 0 Å². The molecule has 2 aliphatic rings. The molecule has 1 aromatic heterocycles. The van der Waals surface area contributed by atoms with Crippen LogP contribution in [0.5, 0.6) is 5.75 Å². The summed E-state index contributed by atoms with van der Waals surface area (Å²) in [5.41, 5.74) is 4.35. The number of phenolic OH excluding ortho intramolecular Hbond substituents is 1. The largest absolute Gasteiger partial charge is 0.506 e. The highest BCUT2D eigenvalue weighted by atomic mass is 35.5. The number of fused-ring (bicyclic) bond motifs is 1. The lowest BCUT2D eigenvalue weighted by atomic mass is 9.95. The van der Waals surface area contributed by atoms with Crippen LogP contribution in [0.1, 0.15) is 36.0 Å². The number of Topliss-reactive ketones (excluding diaryl/α,β-unsaturated/α-hetero) is 1. The number of nitrogens with one attached hydrogen (secondary N) is 1. The third-order valence-corrected chi connectivity index (χ3v) is 7.07. The van der Waals surface area contributed by atoms with Crippen LogP contribution in [0.15, 0.2) is 42.6 Å². The van der Waals surface area contributed by atoms with Crippen LogP contribution in [0.25, 0.3) is 22.0 Å². The number of aromatic nitrogens is 1. The van der Waals surface area contributed by atoms with Crippen LogP contribution < -0.4 is 5.32 Å². The molecule has 0 unspecified atom stereocenters. The van der Waals surface area contributed by atoms with Crippen molar-refractivity contribution in [1.29, 1.82) is 0 Å². The Morgan fingerprint density at radius 3 is 2.56 bits per heavy atom. The molecule has 5 rings (SSSR count). The summed E-state index contributed by atoms with van der Waals surface area (Å²) in [6, 6.07) is 11.3. The molecule has 166 valence electrons. The molecule has 1 saturated heterocycles. The molecule has 1 aliphatic carbocycles. The summed E-state index contributed by atoms with van der Waals surface area (Å²) in [4.78, 5) is 20.1. The number of hydrogen-bond acceptors (Lipinski definition) is 5. The first-order valence-corrected chi connectivity index (χ1v) is 11.8. The maximum Gasteiger partial charge on any atom is 0.169 e. The Morgan fingerprint density at radius 1 is 1.12 bits per heavy atom. The van der Waals surface area contributed by atoms with Gasteiger partial charge in [-0.2, -0.15) is 0 Å². The van der Waals surface area contributed by atoms with Gasteiger partial charge < -0.3 is 15.3 Å². The smallest absolute Gasteiger partial charge is 0.169 e. The van der Waals surface area contributed by atoms with Crippen molar-refractivity contribution in [2.75, 3.05) is 32.0 Å². The standard InChI is InChI=1S/C26H28ClN3O2/c1-30-10-8-16(9-11-30)14-29-25-20-12-18(19-5-7-24(31)22(27)13-19)4-6-23(20)28-15-21(25)26(32)17-2-3-17/h4-7,12-13,15-17,31H,2-3,8-11,14H2,1H3,(H,28,29). The number of anilines is 1. The number of halogens is 1. The fraction of sp³-hybridized carbons (Fsp3) is 0.385. The molecule has 2 N–H and O–H groups in total. The van der Waals surface area contributed by atoms with Crippen LogP contribution in [-0.4, -0.2) is 47.5 Å². The third-order valence-electron chi connectivity index (χ3n) is 6.77. The molecule has 0 radical (unpaired) electrons. The van der Waals surface area contributed by atoms with E-state index >= 15 is 0 Å². The number of carbonyl (C=O) groups is 1. The van der Waals surface area contributed by atoms with Gasteiger partial charge >= 0.3 is 0 Å². The minimum atomic E-state index is 0.0654. The highest BCUT2D eigenvalue weighted by molar-refractivity contribution is 6.32. The molecular formula is C26H28ClN3O2. The Balaban J connectivity index is 1.54. The summed E-state index contributed by atoms with van der Waals surface area (Å²) >= 11 is 6.15. The molecule has 0 bridgehead atoms. The predicted octanol–water partition coefficient (Wildman–Crippen LogP) is 5.61. The molecule has 5 nitrogen and oxygen atoms in total. The number of rotatable bonds is 6. The van der Waals surface area contributed by atoms with E-state index < -0.39 is 0 Å². The molecule has 2 aromatic carbocycles. The molecule has 3 aromatic rings.